The highest BCUT2D eigenvalue weighted by Crippen LogP contribution is 2.30. The Hall–Kier alpha value is -2.17. The average Bonchev–Trinajstić information content (AvgIpc) is 2.91. The molecule has 0 aliphatic heterocycles. The first-order valence-electron chi connectivity index (χ1n) is 6.47. The van der Waals surface area contributed by atoms with Crippen LogP contribution >= 0.6 is 0 Å². The topological polar surface area (TPSA) is 42.2 Å². The maximum absolute atomic E-state index is 13.1. The smallest absolute Gasteiger partial charge is 0.251 e. The Balaban J connectivity index is 1.79. The van der Waals surface area contributed by atoms with Crippen LogP contribution in [0.4, 0.5) is 8.78 Å². The number of carbonyl (C=O) groups excluding carboxylic acids is 1. The normalized spacial score (nSPS) is 17.6. The zero-order valence-corrected chi connectivity index (χ0v) is 10.7. The van der Waals surface area contributed by atoms with Gasteiger partial charge in [-0.3, -0.25) is 4.79 Å². The van der Waals surface area contributed by atoms with Crippen molar-refractivity contribution in [2.24, 2.45) is 0 Å². The first-order chi connectivity index (χ1) is 9.65. The van der Waals surface area contributed by atoms with E-state index in [1.165, 1.54) is 6.07 Å². The Kier molecular flexibility index (Phi) is 3.26. The highest BCUT2D eigenvalue weighted by Gasteiger charge is 2.24. The van der Waals surface area contributed by atoms with E-state index < -0.39 is 17.5 Å². The molecule has 0 fully saturated rings. The van der Waals surface area contributed by atoms with Crippen LogP contribution in [0.5, 0.6) is 0 Å². The monoisotopic (exact) mass is 277 g/mol. The summed E-state index contributed by atoms with van der Waals surface area (Å²) in [6.07, 6.45) is 4.19. The lowest BCUT2D eigenvalue weighted by atomic mass is 9.93. The van der Waals surface area contributed by atoms with Crippen LogP contribution in [0, 0.1) is 11.6 Å². The Bertz CT molecular complexity index is 651. The van der Waals surface area contributed by atoms with E-state index >= 15 is 0 Å². The summed E-state index contributed by atoms with van der Waals surface area (Å²) in [5, 5.41) is 2.84. The molecule has 1 aliphatic rings. The summed E-state index contributed by atoms with van der Waals surface area (Å²) < 4.78 is 31.3. The number of hydrogen-bond donors (Lipinski definition) is 1. The van der Waals surface area contributed by atoms with Gasteiger partial charge in [0.15, 0.2) is 11.6 Å². The fraction of sp³-hybridized carbons (Fsp3) is 0.267. The van der Waals surface area contributed by atoms with Crippen molar-refractivity contribution >= 4 is 5.91 Å². The first-order valence-corrected chi connectivity index (χ1v) is 6.47. The highest BCUT2D eigenvalue weighted by atomic mass is 19.2. The van der Waals surface area contributed by atoms with Crippen LogP contribution in [-0.4, -0.2) is 5.91 Å². The molecule has 1 atom stereocenters. The minimum absolute atomic E-state index is 0.111. The standard InChI is InChI=1S/C15H13F2NO2/c16-11-5-4-9(8-12(11)17)15(19)18-13-2-1-3-14-10(13)6-7-20-14/h4-8,13H,1-3H2,(H,18,19). The molecule has 1 unspecified atom stereocenters. The summed E-state index contributed by atoms with van der Waals surface area (Å²) in [7, 11) is 0. The van der Waals surface area contributed by atoms with Crippen LogP contribution < -0.4 is 5.32 Å². The number of nitrogens with one attached hydrogen (secondary N) is 1. The largest absolute Gasteiger partial charge is 0.469 e. The van der Waals surface area contributed by atoms with Crippen molar-refractivity contribution < 1.29 is 18.0 Å². The summed E-state index contributed by atoms with van der Waals surface area (Å²) >= 11 is 0. The minimum atomic E-state index is -1.02. The molecule has 1 aromatic heterocycles. The van der Waals surface area contributed by atoms with Crippen molar-refractivity contribution in [3.05, 3.63) is 59.1 Å². The molecule has 2 aromatic rings. The van der Waals surface area contributed by atoms with Crippen LogP contribution in [0.25, 0.3) is 0 Å². The van der Waals surface area contributed by atoms with Gasteiger partial charge in [-0.15, -0.1) is 0 Å². The van der Waals surface area contributed by atoms with E-state index in [-0.39, 0.29) is 11.6 Å². The Labute approximate surface area is 114 Å². The van der Waals surface area contributed by atoms with Crippen molar-refractivity contribution in [2.45, 2.75) is 25.3 Å². The van der Waals surface area contributed by atoms with Gasteiger partial charge in [0, 0.05) is 17.5 Å². The number of carbonyl (C=O) groups is 1. The molecule has 1 aromatic carbocycles. The Morgan fingerprint density at radius 1 is 1.25 bits per heavy atom. The van der Waals surface area contributed by atoms with E-state index in [1.807, 2.05) is 6.07 Å². The van der Waals surface area contributed by atoms with Gasteiger partial charge in [-0.25, -0.2) is 8.78 Å². The van der Waals surface area contributed by atoms with E-state index in [0.29, 0.717) is 0 Å². The number of aryl methyl sites for hydroxylation is 1. The summed E-state index contributed by atoms with van der Waals surface area (Å²) in [5.41, 5.74) is 1.08. The molecule has 1 aliphatic carbocycles. The highest BCUT2D eigenvalue weighted by molar-refractivity contribution is 5.94. The SMILES string of the molecule is O=C(NC1CCCc2occc21)c1ccc(F)c(F)c1. The molecular weight excluding hydrogens is 264 g/mol. The van der Waals surface area contributed by atoms with Gasteiger partial charge >= 0.3 is 0 Å². The van der Waals surface area contributed by atoms with Crippen LogP contribution in [0.15, 0.2) is 34.9 Å². The number of fused-ring (bicyclic) bond motifs is 1. The molecule has 1 amide bonds. The van der Waals surface area contributed by atoms with Gasteiger partial charge in [0.25, 0.3) is 5.91 Å². The summed E-state index contributed by atoms with van der Waals surface area (Å²) in [6.45, 7) is 0. The number of furan rings is 1. The lowest BCUT2D eigenvalue weighted by Crippen LogP contribution is -2.30. The van der Waals surface area contributed by atoms with Gasteiger partial charge < -0.3 is 9.73 Å². The predicted octanol–water partition coefficient (Wildman–Crippen LogP) is 3.37. The molecule has 1 heterocycles. The Morgan fingerprint density at radius 2 is 2.10 bits per heavy atom. The molecule has 1 N–H and O–H groups in total. The van der Waals surface area contributed by atoms with Gasteiger partial charge in [-0.05, 0) is 37.1 Å². The Morgan fingerprint density at radius 3 is 2.90 bits per heavy atom. The second-order valence-electron chi connectivity index (χ2n) is 4.85. The van der Waals surface area contributed by atoms with E-state index in [9.17, 15) is 13.6 Å². The van der Waals surface area contributed by atoms with Gasteiger partial charge in [0.2, 0.25) is 0 Å². The molecule has 0 radical (unpaired) electrons. The molecule has 5 heteroatoms. The van der Waals surface area contributed by atoms with E-state index in [4.69, 9.17) is 4.42 Å². The molecular formula is C15H13F2NO2. The second-order valence-corrected chi connectivity index (χ2v) is 4.85. The molecule has 104 valence electrons. The third-order valence-electron chi connectivity index (χ3n) is 3.54. The third-order valence-corrected chi connectivity index (χ3v) is 3.54. The number of halogens is 2. The zero-order valence-electron chi connectivity index (χ0n) is 10.7. The number of amides is 1. The van der Waals surface area contributed by atoms with Gasteiger partial charge in [0.05, 0.1) is 12.3 Å². The van der Waals surface area contributed by atoms with Crippen LogP contribution in [0.1, 0.15) is 40.6 Å². The van der Waals surface area contributed by atoms with Crippen molar-refractivity contribution in [3.8, 4) is 0 Å². The predicted molar refractivity (Wildman–Crippen MR) is 68.2 cm³/mol. The first kappa shape index (κ1) is 12.8. The van der Waals surface area contributed by atoms with Gasteiger partial charge in [-0.2, -0.15) is 0 Å². The molecule has 20 heavy (non-hydrogen) atoms. The maximum atomic E-state index is 13.1. The van der Waals surface area contributed by atoms with Crippen molar-refractivity contribution in [3.63, 3.8) is 0 Å². The van der Waals surface area contributed by atoms with Gasteiger partial charge in [0.1, 0.15) is 5.76 Å². The molecule has 0 saturated carbocycles. The summed E-state index contributed by atoms with van der Waals surface area (Å²) in [6, 6.07) is 4.83. The lowest BCUT2D eigenvalue weighted by Gasteiger charge is -2.22. The molecule has 0 spiro atoms. The number of hydrogen-bond acceptors (Lipinski definition) is 2. The number of rotatable bonds is 2. The van der Waals surface area contributed by atoms with E-state index in [2.05, 4.69) is 5.32 Å². The fourth-order valence-corrected chi connectivity index (χ4v) is 2.52. The van der Waals surface area contributed by atoms with Crippen molar-refractivity contribution in [1.82, 2.24) is 5.32 Å². The van der Waals surface area contributed by atoms with Crippen molar-refractivity contribution in [1.29, 1.82) is 0 Å². The van der Waals surface area contributed by atoms with E-state index in [0.717, 1.165) is 42.7 Å². The van der Waals surface area contributed by atoms with Crippen LogP contribution in [-0.2, 0) is 6.42 Å². The zero-order chi connectivity index (χ0) is 14.1. The fourth-order valence-electron chi connectivity index (χ4n) is 2.52. The number of benzene rings is 1. The quantitative estimate of drug-likeness (QED) is 0.914. The van der Waals surface area contributed by atoms with Crippen LogP contribution in [0.2, 0.25) is 0 Å². The minimum Gasteiger partial charge on any atom is -0.469 e. The van der Waals surface area contributed by atoms with Gasteiger partial charge in [-0.1, -0.05) is 0 Å². The molecule has 0 bridgehead atoms. The third kappa shape index (κ3) is 2.31. The average molecular weight is 277 g/mol. The van der Waals surface area contributed by atoms with Crippen molar-refractivity contribution in [2.75, 3.05) is 0 Å². The molecule has 3 rings (SSSR count). The summed E-state index contributed by atoms with van der Waals surface area (Å²) in [4.78, 5) is 12.1. The molecule has 0 saturated heterocycles. The van der Waals surface area contributed by atoms with Crippen LogP contribution in [0.3, 0.4) is 0 Å². The maximum Gasteiger partial charge on any atom is 0.251 e. The summed E-state index contributed by atoms with van der Waals surface area (Å²) in [5.74, 6) is -1.52. The molecule has 3 nitrogen and oxygen atoms in total. The van der Waals surface area contributed by atoms with E-state index in [1.54, 1.807) is 6.26 Å². The lowest BCUT2D eigenvalue weighted by molar-refractivity contribution is 0.0931. The second kappa shape index (κ2) is 5.07.